The fraction of sp³-hybridized carbons (Fsp3) is 0.729. The van der Waals surface area contributed by atoms with Crippen molar-refractivity contribution in [3.63, 3.8) is 0 Å². The van der Waals surface area contributed by atoms with E-state index in [1.54, 1.807) is 4.68 Å². The fourth-order valence-corrected chi connectivity index (χ4v) is 13.0. The molecule has 2 nitrogen and oxygen atoms in total. The van der Waals surface area contributed by atoms with E-state index in [1.165, 1.54) is 306 Å². The number of benzene rings is 2. The van der Waals surface area contributed by atoms with Crippen LogP contribution in [0.15, 0.2) is 65.8 Å². The van der Waals surface area contributed by atoms with E-state index in [1.807, 2.05) is 0 Å². The third-order valence-corrected chi connectivity index (χ3v) is 18.6. The molecule has 2 aromatic carbocycles. The first-order valence-electron chi connectivity index (χ1n) is 38.6. The van der Waals surface area contributed by atoms with Crippen molar-refractivity contribution in [3.8, 4) is 35.5 Å². The minimum absolute atomic E-state index is 0.898. The molecule has 87 heavy (non-hydrogen) atoms. The molecule has 2 aromatic rings. The molecule has 0 spiro atoms. The lowest BCUT2D eigenvalue weighted by Gasteiger charge is -2.13. The second-order valence-electron chi connectivity index (χ2n) is 26.7. The second kappa shape index (κ2) is 58.4. The first-order chi connectivity index (χ1) is 43.2. The van der Waals surface area contributed by atoms with Crippen LogP contribution in [0.3, 0.4) is 0 Å². The Morgan fingerprint density at radius 2 is 0.586 bits per heavy atom. The smallest absolute Gasteiger partial charge is 0.225 e. The maximum Gasteiger partial charge on any atom is 0.225 e. The number of rotatable bonds is 57. The van der Waals surface area contributed by atoms with Crippen LogP contribution in [0, 0.1) is 35.5 Å². The van der Waals surface area contributed by atoms with Crippen molar-refractivity contribution in [2.24, 2.45) is 0 Å². The van der Waals surface area contributed by atoms with Crippen molar-refractivity contribution in [1.29, 1.82) is 0 Å². The van der Waals surface area contributed by atoms with Crippen molar-refractivity contribution in [2.75, 3.05) is 0 Å². The van der Waals surface area contributed by atoms with Crippen molar-refractivity contribution >= 4 is 11.4 Å². The molecule has 0 unspecified atom stereocenters. The van der Waals surface area contributed by atoms with Crippen molar-refractivity contribution in [2.45, 2.75) is 400 Å². The van der Waals surface area contributed by atoms with Gasteiger partial charge in [-0.15, -0.1) is 23.7 Å². The number of hydrogen-bond acceptors (Lipinski definition) is 0. The van der Waals surface area contributed by atoms with Gasteiger partial charge in [-0.2, -0.15) is 0 Å². The zero-order valence-corrected chi connectivity index (χ0v) is 58.2. The summed E-state index contributed by atoms with van der Waals surface area (Å²) in [6, 6.07) is 17.8. The number of allylic oxidation sites excluding steroid dienone is 3. The Morgan fingerprint density at radius 1 is 0.310 bits per heavy atom. The van der Waals surface area contributed by atoms with Crippen molar-refractivity contribution in [3.05, 3.63) is 93.8 Å². The average Bonchev–Trinajstić information content (AvgIpc) is 3.47. The third-order valence-electron chi connectivity index (χ3n) is 18.6. The molecule has 1 heterocycles. The van der Waals surface area contributed by atoms with Gasteiger partial charge < -0.3 is 5.84 Å². The first kappa shape index (κ1) is 77.3. The topological polar surface area (TPSA) is 26.8 Å². The highest BCUT2D eigenvalue weighted by molar-refractivity contribution is 6.18. The van der Waals surface area contributed by atoms with Gasteiger partial charge in [-0.05, 0) is 74.6 Å². The SMILES string of the molecule is CCCCC=C1C(C#CCCCCCCCC)=C(c2ccccc2CCCC#CCCCCCCCCCCCCCCCCCCCCCC)[N+]([NH-])=C1c1ccccc1CCCC#CCCCCCCCCCCCCCCCCCCCCCC. The van der Waals surface area contributed by atoms with Crippen LogP contribution < -0.4 is 0 Å². The molecule has 1 aliphatic heterocycles. The number of hydrogen-bond donors (Lipinski definition) is 0. The maximum absolute atomic E-state index is 10.1. The maximum atomic E-state index is 10.1. The Hall–Kier alpha value is -3.93. The molecule has 0 aromatic heterocycles. The summed E-state index contributed by atoms with van der Waals surface area (Å²) < 4.78 is 1.78. The molecule has 0 saturated carbocycles. The van der Waals surface area contributed by atoms with E-state index >= 15 is 0 Å². The lowest BCUT2D eigenvalue weighted by molar-refractivity contribution is -0.347. The molecule has 1 aliphatic rings. The van der Waals surface area contributed by atoms with Crippen LogP contribution in [0.25, 0.3) is 11.5 Å². The van der Waals surface area contributed by atoms with Gasteiger partial charge in [-0.3, -0.25) is 0 Å². The van der Waals surface area contributed by atoms with Gasteiger partial charge in [0.15, 0.2) is 0 Å². The van der Waals surface area contributed by atoms with Gasteiger partial charge in [0.2, 0.25) is 11.4 Å². The number of aryl methyl sites for hydroxylation is 2. The molecule has 0 bridgehead atoms. The minimum atomic E-state index is 0.898. The van der Waals surface area contributed by atoms with Crippen LogP contribution in [0.5, 0.6) is 0 Å². The van der Waals surface area contributed by atoms with E-state index in [-0.39, 0.29) is 0 Å². The molecular formula is C85H138N2. The van der Waals surface area contributed by atoms with E-state index in [2.05, 4.69) is 118 Å². The van der Waals surface area contributed by atoms with Gasteiger partial charge in [0.05, 0.1) is 11.1 Å². The normalized spacial score (nSPS) is 12.7. The summed E-state index contributed by atoms with van der Waals surface area (Å²) in [7, 11) is 0. The van der Waals surface area contributed by atoms with Gasteiger partial charge in [0.1, 0.15) is 5.57 Å². The molecule has 0 radical (unpaired) electrons. The van der Waals surface area contributed by atoms with Crippen LogP contribution in [-0.2, 0) is 12.8 Å². The highest BCUT2D eigenvalue weighted by Gasteiger charge is 2.36. The standard InChI is InChI=1S/C85H138N2/c1-5-9-13-16-19-22-24-26-28-30-32-34-36-38-40-42-44-46-48-50-52-54-56-59-63-70-78-72-66-68-74-80(78)84-82(76-62-12-8-4)83(77-65-61-58-21-18-15-11-7-3)85(87(84)86)81-75-69-67-73-79(81)71-64-60-57-55-53-51-49-47-45-43-41-39-37-35-33-31-29-27-25-23-20-17-14-10-6-2/h66-69,72-76,86H,5-53,58-64,70-71H2,1-4H3. The zero-order chi connectivity index (χ0) is 61.8. The largest absolute Gasteiger partial charge is 0.448 e. The van der Waals surface area contributed by atoms with E-state index < -0.39 is 0 Å². The fourth-order valence-electron chi connectivity index (χ4n) is 13.0. The predicted molar refractivity (Wildman–Crippen MR) is 389 cm³/mol. The van der Waals surface area contributed by atoms with Crippen LogP contribution in [0.4, 0.5) is 0 Å². The minimum Gasteiger partial charge on any atom is -0.448 e. The summed E-state index contributed by atoms with van der Waals surface area (Å²) in [5.74, 6) is 31.8. The summed E-state index contributed by atoms with van der Waals surface area (Å²) in [4.78, 5) is 0. The third kappa shape index (κ3) is 39.7. The van der Waals surface area contributed by atoms with Crippen LogP contribution in [-0.4, -0.2) is 10.4 Å². The molecule has 0 fully saturated rings. The first-order valence-corrected chi connectivity index (χ1v) is 38.6. The molecule has 2 heteroatoms. The van der Waals surface area contributed by atoms with E-state index in [0.717, 1.165) is 112 Å². The molecule has 3 rings (SSSR count). The summed E-state index contributed by atoms with van der Waals surface area (Å²) >= 11 is 0. The monoisotopic (exact) mass is 1190 g/mol. The van der Waals surface area contributed by atoms with Crippen LogP contribution in [0.2, 0.25) is 0 Å². The van der Waals surface area contributed by atoms with E-state index in [9.17, 15) is 5.84 Å². The summed E-state index contributed by atoms with van der Waals surface area (Å²) in [6.45, 7) is 9.19. The number of unbranched alkanes of at least 4 members (excludes halogenated alkanes) is 50. The molecule has 0 saturated heterocycles. The highest BCUT2D eigenvalue weighted by atomic mass is 15.3. The summed E-state index contributed by atoms with van der Waals surface area (Å²) in [6.07, 6.45) is 78.7. The highest BCUT2D eigenvalue weighted by Crippen LogP contribution is 2.38. The number of nitrogens with one attached hydrogen (secondary N) is 1. The Bertz CT molecular complexity index is 2230. The van der Waals surface area contributed by atoms with Gasteiger partial charge in [0.25, 0.3) is 0 Å². The second-order valence-corrected chi connectivity index (χ2v) is 26.7. The van der Waals surface area contributed by atoms with Gasteiger partial charge in [-0.25, -0.2) is 4.68 Å². The lowest BCUT2D eigenvalue weighted by Crippen LogP contribution is -2.14. The number of nitrogens with zero attached hydrogens (tertiary/aromatic N) is 1. The van der Waals surface area contributed by atoms with Crippen molar-refractivity contribution < 1.29 is 4.68 Å². The van der Waals surface area contributed by atoms with Gasteiger partial charge in [-0.1, -0.05) is 371 Å². The van der Waals surface area contributed by atoms with Crippen molar-refractivity contribution in [1.82, 2.24) is 0 Å². The average molecular weight is 1190 g/mol. The van der Waals surface area contributed by atoms with E-state index in [4.69, 9.17) is 0 Å². The molecule has 0 atom stereocenters. The zero-order valence-electron chi connectivity index (χ0n) is 58.2. The van der Waals surface area contributed by atoms with E-state index in [0.29, 0.717) is 0 Å². The predicted octanol–water partition coefficient (Wildman–Crippen LogP) is 27.8. The molecule has 488 valence electrons. The van der Waals surface area contributed by atoms with Crippen LogP contribution >= 0.6 is 0 Å². The summed E-state index contributed by atoms with van der Waals surface area (Å²) in [5, 5.41) is 0. The summed E-state index contributed by atoms with van der Waals surface area (Å²) in [5.41, 5.74) is 9.07. The van der Waals surface area contributed by atoms with Crippen LogP contribution in [0.1, 0.15) is 410 Å². The molecule has 0 amide bonds. The van der Waals surface area contributed by atoms with Gasteiger partial charge >= 0.3 is 0 Å². The lowest BCUT2D eigenvalue weighted by atomic mass is 9.90. The Labute approximate surface area is 542 Å². The quantitative estimate of drug-likeness (QED) is 0.0359. The molecule has 0 aliphatic carbocycles. The Balaban J connectivity index is 1.48. The molecular weight excluding hydrogens is 1050 g/mol. The Morgan fingerprint density at radius 3 is 0.931 bits per heavy atom. The van der Waals surface area contributed by atoms with Gasteiger partial charge in [0, 0.05) is 37.7 Å². The molecule has 1 N–H and O–H groups in total. The Kier molecular flexibility index (Phi) is 51.9.